The highest BCUT2D eigenvalue weighted by Crippen LogP contribution is 2.26. The normalized spacial score (nSPS) is 10.1. The van der Waals surface area contributed by atoms with Crippen LogP contribution in [0.2, 0.25) is 0 Å². The number of aromatic nitrogens is 1. The lowest BCUT2D eigenvalue weighted by Crippen LogP contribution is -2.08. The second-order valence-corrected chi connectivity index (χ2v) is 7.73. The summed E-state index contributed by atoms with van der Waals surface area (Å²) in [5, 5.41) is 14.1. The SMILES string of the molecule is CCOc1ccccc1OC.CSCCNc1ncc(Cc2ccccc2F)cc1[N+](=O)[O-]. The van der Waals surface area contributed by atoms with Gasteiger partial charge in [0.15, 0.2) is 11.5 Å². The summed E-state index contributed by atoms with van der Waals surface area (Å²) in [6.45, 7) is 3.22. The van der Waals surface area contributed by atoms with Crippen molar-refractivity contribution in [2.45, 2.75) is 13.3 Å². The van der Waals surface area contributed by atoms with Crippen LogP contribution < -0.4 is 14.8 Å². The van der Waals surface area contributed by atoms with Gasteiger partial charge in [-0.3, -0.25) is 10.1 Å². The van der Waals surface area contributed by atoms with Gasteiger partial charge in [-0.15, -0.1) is 0 Å². The molecule has 33 heavy (non-hydrogen) atoms. The molecule has 0 amide bonds. The van der Waals surface area contributed by atoms with E-state index in [0.29, 0.717) is 24.3 Å². The fourth-order valence-electron chi connectivity index (χ4n) is 2.89. The number of thioether (sulfide) groups is 1. The van der Waals surface area contributed by atoms with E-state index in [0.717, 1.165) is 17.3 Å². The van der Waals surface area contributed by atoms with Crippen molar-refractivity contribution < 1.29 is 18.8 Å². The second kappa shape index (κ2) is 13.9. The number of nitro groups is 1. The van der Waals surface area contributed by atoms with Gasteiger partial charge in [0, 0.05) is 31.0 Å². The number of nitrogens with one attached hydrogen (secondary N) is 1. The van der Waals surface area contributed by atoms with Crippen LogP contribution in [0.3, 0.4) is 0 Å². The van der Waals surface area contributed by atoms with Gasteiger partial charge in [-0.2, -0.15) is 11.8 Å². The van der Waals surface area contributed by atoms with Gasteiger partial charge in [-0.05, 0) is 42.5 Å². The Hall–Kier alpha value is -3.33. The first-order valence-corrected chi connectivity index (χ1v) is 11.7. The number of benzene rings is 2. The molecule has 0 aliphatic rings. The molecule has 0 radical (unpaired) electrons. The van der Waals surface area contributed by atoms with Crippen molar-refractivity contribution in [3.8, 4) is 11.5 Å². The molecule has 176 valence electrons. The first-order chi connectivity index (χ1) is 16.0. The molecule has 0 spiro atoms. The fourth-order valence-corrected chi connectivity index (χ4v) is 3.20. The molecule has 0 unspecified atom stereocenters. The van der Waals surface area contributed by atoms with Crippen molar-refractivity contribution in [1.29, 1.82) is 0 Å². The molecule has 0 aliphatic heterocycles. The third-order valence-corrected chi connectivity index (χ3v) is 5.05. The Morgan fingerprint density at radius 1 is 1.15 bits per heavy atom. The highest BCUT2D eigenvalue weighted by molar-refractivity contribution is 7.98. The zero-order chi connectivity index (χ0) is 24.1. The van der Waals surface area contributed by atoms with Gasteiger partial charge in [0.25, 0.3) is 0 Å². The lowest BCUT2D eigenvalue weighted by Gasteiger charge is -2.08. The van der Waals surface area contributed by atoms with Crippen LogP contribution in [0.25, 0.3) is 0 Å². The average Bonchev–Trinajstić information content (AvgIpc) is 2.82. The van der Waals surface area contributed by atoms with E-state index in [1.807, 2.05) is 37.4 Å². The van der Waals surface area contributed by atoms with E-state index in [-0.39, 0.29) is 23.7 Å². The van der Waals surface area contributed by atoms with Gasteiger partial charge in [-0.25, -0.2) is 9.37 Å². The molecule has 2 aromatic carbocycles. The Kier molecular flexibility index (Phi) is 11.0. The van der Waals surface area contributed by atoms with Crippen LogP contribution in [0.5, 0.6) is 11.5 Å². The van der Waals surface area contributed by atoms with Crippen LogP contribution in [-0.2, 0) is 6.42 Å². The molecule has 0 saturated carbocycles. The number of methoxy groups -OCH3 is 1. The summed E-state index contributed by atoms with van der Waals surface area (Å²) in [7, 11) is 1.64. The van der Waals surface area contributed by atoms with Crippen molar-refractivity contribution in [3.05, 3.63) is 87.9 Å². The topological polar surface area (TPSA) is 86.5 Å². The minimum Gasteiger partial charge on any atom is -0.493 e. The highest BCUT2D eigenvalue weighted by Gasteiger charge is 2.16. The number of pyridine rings is 1. The van der Waals surface area contributed by atoms with Crippen LogP contribution in [0.1, 0.15) is 18.1 Å². The van der Waals surface area contributed by atoms with E-state index in [1.54, 1.807) is 43.3 Å². The van der Waals surface area contributed by atoms with Crippen molar-refractivity contribution in [3.63, 3.8) is 0 Å². The lowest BCUT2D eigenvalue weighted by molar-refractivity contribution is -0.384. The molecule has 0 atom stereocenters. The van der Waals surface area contributed by atoms with E-state index < -0.39 is 4.92 Å². The largest absolute Gasteiger partial charge is 0.493 e. The summed E-state index contributed by atoms with van der Waals surface area (Å²) in [5.41, 5.74) is 1.00. The van der Waals surface area contributed by atoms with E-state index in [2.05, 4.69) is 10.3 Å². The molecule has 7 nitrogen and oxygen atoms in total. The van der Waals surface area contributed by atoms with E-state index in [9.17, 15) is 14.5 Å². The number of hydrogen-bond acceptors (Lipinski definition) is 7. The smallest absolute Gasteiger partial charge is 0.311 e. The van der Waals surface area contributed by atoms with Crippen molar-refractivity contribution in [2.75, 3.05) is 37.6 Å². The molecule has 1 heterocycles. The minimum absolute atomic E-state index is 0.0880. The highest BCUT2D eigenvalue weighted by atomic mass is 32.2. The Morgan fingerprint density at radius 3 is 2.48 bits per heavy atom. The van der Waals surface area contributed by atoms with Crippen LogP contribution in [0, 0.1) is 15.9 Å². The van der Waals surface area contributed by atoms with Crippen LogP contribution in [-0.4, -0.2) is 42.2 Å². The van der Waals surface area contributed by atoms with E-state index in [4.69, 9.17) is 9.47 Å². The summed E-state index contributed by atoms with van der Waals surface area (Å²) >= 11 is 1.64. The molecule has 0 bridgehead atoms. The van der Waals surface area contributed by atoms with Gasteiger partial charge in [0.1, 0.15) is 5.82 Å². The minimum atomic E-state index is -0.473. The van der Waals surface area contributed by atoms with Crippen LogP contribution >= 0.6 is 11.8 Å². The number of ether oxygens (including phenoxy) is 2. The summed E-state index contributed by atoms with van der Waals surface area (Å²) in [4.78, 5) is 14.8. The van der Waals surface area contributed by atoms with Gasteiger partial charge in [0.05, 0.1) is 18.6 Å². The maximum atomic E-state index is 13.7. The zero-order valence-corrected chi connectivity index (χ0v) is 19.7. The molecule has 1 aromatic heterocycles. The Balaban J connectivity index is 0.000000294. The molecule has 9 heteroatoms. The number of para-hydroxylation sites is 2. The van der Waals surface area contributed by atoms with E-state index >= 15 is 0 Å². The summed E-state index contributed by atoms with van der Waals surface area (Å²) in [6, 6.07) is 15.4. The predicted molar refractivity (Wildman–Crippen MR) is 131 cm³/mol. The van der Waals surface area contributed by atoms with Crippen molar-refractivity contribution >= 4 is 23.3 Å². The summed E-state index contributed by atoms with van der Waals surface area (Å²) in [5.74, 6) is 2.34. The maximum Gasteiger partial charge on any atom is 0.311 e. The molecule has 0 fully saturated rings. The van der Waals surface area contributed by atoms with Gasteiger partial charge in [0.2, 0.25) is 5.82 Å². The molecule has 0 aliphatic carbocycles. The Labute approximate surface area is 197 Å². The third-order valence-electron chi connectivity index (χ3n) is 4.44. The van der Waals surface area contributed by atoms with Crippen LogP contribution in [0.4, 0.5) is 15.9 Å². The molecule has 1 N–H and O–H groups in total. The Morgan fingerprint density at radius 2 is 1.85 bits per heavy atom. The number of rotatable bonds is 10. The van der Waals surface area contributed by atoms with E-state index in [1.165, 1.54) is 12.1 Å². The molecule has 0 saturated heterocycles. The average molecular weight is 474 g/mol. The standard InChI is InChI=1S/C15H16FN3O2S.C9H12O2/c1-22-7-6-17-15-14(19(20)21)9-11(10-18-15)8-12-4-2-3-5-13(12)16;1-3-11-9-7-5-4-6-8(9)10-2/h2-5,9-10H,6-8H2,1H3,(H,17,18);4-7H,3H2,1-2H3. The number of hydrogen-bond donors (Lipinski definition) is 1. The first-order valence-electron chi connectivity index (χ1n) is 10.4. The number of anilines is 1. The van der Waals surface area contributed by atoms with Gasteiger partial charge in [-0.1, -0.05) is 30.3 Å². The first kappa shape index (κ1) is 25.9. The van der Waals surface area contributed by atoms with Crippen molar-refractivity contribution in [1.82, 2.24) is 4.98 Å². The summed E-state index contributed by atoms with van der Waals surface area (Å²) < 4.78 is 24.0. The molecule has 3 rings (SSSR count). The zero-order valence-electron chi connectivity index (χ0n) is 18.9. The molecular weight excluding hydrogens is 445 g/mol. The van der Waals surface area contributed by atoms with Gasteiger partial charge >= 0.3 is 5.69 Å². The lowest BCUT2D eigenvalue weighted by atomic mass is 10.1. The number of nitrogens with zero attached hydrogens (tertiary/aromatic N) is 2. The summed E-state index contributed by atoms with van der Waals surface area (Å²) in [6.07, 6.45) is 3.77. The van der Waals surface area contributed by atoms with Crippen molar-refractivity contribution in [2.24, 2.45) is 0 Å². The fraction of sp³-hybridized carbons (Fsp3) is 0.292. The maximum absolute atomic E-state index is 13.7. The molecule has 3 aromatic rings. The number of halogens is 1. The molecular formula is C24H28FN3O4S. The second-order valence-electron chi connectivity index (χ2n) is 6.74. The quantitative estimate of drug-likeness (QED) is 0.233. The van der Waals surface area contributed by atoms with Crippen LogP contribution in [0.15, 0.2) is 60.8 Å². The van der Waals surface area contributed by atoms with Gasteiger partial charge < -0.3 is 14.8 Å². The predicted octanol–water partition coefficient (Wildman–Crippen LogP) is 5.59. The third kappa shape index (κ3) is 8.27. The Bertz CT molecular complexity index is 1040. The monoisotopic (exact) mass is 473 g/mol.